The van der Waals surface area contributed by atoms with E-state index >= 15 is 0 Å². The van der Waals surface area contributed by atoms with Crippen molar-refractivity contribution < 1.29 is 14.4 Å². The Labute approximate surface area is 229 Å². The molecule has 2 aromatic carbocycles. The number of nitrogens with zero attached hydrogens (tertiary/aromatic N) is 4. The van der Waals surface area contributed by atoms with Gasteiger partial charge in [0.15, 0.2) is 0 Å². The number of aryl methyl sites for hydroxylation is 1. The van der Waals surface area contributed by atoms with Crippen molar-refractivity contribution in [3.63, 3.8) is 0 Å². The average Bonchev–Trinajstić information content (AvgIpc) is 3.00. The fraction of sp³-hybridized carbons (Fsp3) is 0.355. The van der Waals surface area contributed by atoms with Crippen molar-refractivity contribution in [2.45, 2.75) is 52.7 Å². The number of hydrogen-bond acceptors (Lipinski definition) is 5. The molecule has 2 aliphatic heterocycles. The molecule has 3 amide bonds. The third-order valence-corrected chi connectivity index (χ3v) is 7.74. The third kappa shape index (κ3) is 4.92. The number of benzene rings is 2. The molecule has 2 aliphatic rings. The first kappa shape index (κ1) is 26.6. The summed E-state index contributed by atoms with van der Waals surface area (Å²) in [6.45, 7) is 6.21. The number of pyridine rings is 1. The lowest BCUT2D eigenvalue weighted by molar-refractivity contribution is -0.137. The minimum atomic E-state index is -1.15. The van der Waals surface area contributed by atoms with Crippen molar-refractivity contribution in [2.24, 2.45) is 5.41 Å². The maximum absolute atomic E-state index is 13.3. The van der Waals surface area contributed by atoms with Crippen LogP contribution < -0.4 is 20.0 Å². The lowest BCUT2D eigenvalue weighted by atomic mass is 9.90. The highest BCUT2D eigenvalue weighted by Gasteiger charge is 2.45. The number of aromatic nitrogens is 1. The Morgan fingerprint density at radius 2 is 1.69 bits per heavy atom. The van der Waals surface area contributed by atoms with E-state index < -0.39 is 5.41 Å². The monoisotopic (exact) mass is 525 g/mol. The van der Waals surface area contributed by atoms with Gasteiger partial charge < -0.3 is 9.80 Å². The van der Waals surface area contributed by atoms with Crippen LogP contribution in [0.5, 0.6) is 0 Å². The Kier molecular flexibility index (Phi) is 7.23. The number of para-hydroxylation sites is 1. The van der Waals surface area contributed by atoms with Crippen LogP contribution >= 0.6 is 0 Å². The Morgan fingerprint density at radius 1 is 0.923 bits per heavy atom. The highest BCUT2D eigenvalue weighted by Crippen LogP contribution is 2.39. The largest absolute Gasteiger partial charge is 0.313 e. The van der Waals surface area contributed by atoms with Crippen LogP contribution in [0, 0.1) is 5.41 Å². The average molecular weight is 526 g/mol. The standard InChI is InChI=1S/C31H35N5O3/c1-5-35-25-15-13-21(18-26(25)34(4)29(38)31(2,3)30(35)39)20-33-27(19-23-11-8-9-17-32-23)36-24-12-7-6-10-22(24)14-16-28(36)37/h6-13,15,17-18,27,33H,5,14,16,19-20H2,1-4H3. The topological polar surface area (TPSA) is 85.8 Å². The predicted molar refractivity (Wildman–Crippen MR) is 152 cm³/mol. The molecule has 0 bridgehead atoms. The van der Waals surface area contributed by atoms with Gasteiger partial charge in [-0.05, 0) is 68.7 Å². The molecule has 5 rings (SSSR count). The summed E-state index contributed by atoms with van der Waals surface area (Å²) in [7, 11) is 1.72. The van der Waals surface area contributed by atoms with Gasteiger partial charge in [0.2, 0.25) is 17.7 Å². The van der Waals surface area contributed by atoms with Crippen LogP contribution in [0.25, 0.3) is 0 Å². The first-order valence-electron chi connectivity index (χ1n) is 13.5. The van der Waals surface area contributed by atoms with E-state index in [0.717, 1.165) is 34.6 Å². The molecule has 39 heavy (non-hydrogen) atoms. The van der Waals surface area contributed by atoms with Crippen molar-refractivity contribution in [3.05, 3.63) is 83.7 Å². The minimum Gasteiger partial charge on any atom is -0.313 e. The summed E-state index contributed by atoms with van der Waals surface area (Å²) in [4.78, 5) is 49.4. The number of carbonyl (C=O) groups excluding carboxylic acids is 3. The van der Waals surface area contributed by atoms with E-state index in [2.05, 4.69) is 16.4 Å². The van der Waals surface area contributed by atoms with Crippen LogP contribution in [0.15, 0.2) is 66.9 Å². The highest BCUT2D eigenvalue weighted by atomic mass is 16.2. The molecule has 202 valence electrons. The second kappa shape index (κ2) is 10.6. The Bertz CT molecular complexity index is 1400. The number of nitrogens with one attached hydrogen (secondary N) is 1. The quantitative estimate of drug-likeness (QED) is 0.470. The Hall–Kier alpha value is -4.04. The van der Waals surface area contributed by atoms with E-state index in [1.165, 1.54) is 0 Å². The zero-order valence-corrected chi connectivity index (χ0v) is 23.0. The molecule has 0 saturated heterocycles. The van der Waals surface area contributed by atoms with Crippen molar-refractivity contribution >= 4 is 34.8 Å². The molecule has 0 spiro atoms. The third-order valence-electron chi connectivity index (χ3n) is 7.74. The summed E-state index contributed by atoms with van der Waals surface area (Å²) in [6, 6.07) is 19.7. The van der Waals surface area contributed by atoms with Crippen LogP contribution in [0.1, 0.15) is 44.0 Å². The molecule has 0 saturated carbocycles. The van der Waals surface area contributed by atoms with E-state index in [1.807, 2.05) is 66.4 Å². The molecule has 3 heterocycles. The van der Waals surface area contributed by atoms with Crippen LogP contribution in [0.2, 0.25) is 0 Å². The van der Waals surface area contributed by atoms with Gasteiger partial charge in [-0.15, -0.1) is 0 Å². The minimum absolute atomic E-state index is 0.0775. The van der Waals surface area contributed by atoms with Gasteiger partial charge >= 0.3 is 0 Å². The van der Waals surface area contributed by atoms with Crippen LogP contribution in [-0.2, 0) is 33.8 Å². The van der Waals surface area contributed by atoms with Crippen LogP contribution in [-0.4, -0.2) is 42.5 Å². The maximum Gasteiger partial charge on any atom is 0.242 e. The number of amides is 3. The zero-order chi connectivity index (χ0) is 27.7. The van der Waals surface area contributed by atoms with E-state index in [4.69, 9.17) is 0 Å². The fourth-order valence-electron chi connectivity index (χ4n) is 5.56. The van der Waals surface area contributed by atoms with Gasteiger partial charge in [0, 0.05) is 50.6 Å². The number of carbonyl (C=O) groups is 3. The van der Waals surface area contributed by atoms with Gasteiger partial charge in [-0.3, -0.25) is 29.6 Å². The number of hydrogen-bond donors (Lipinski definition) is 1. The number of fused-ring (bicyclic) bond motifs is 2. The summed E-state index contributed by atoms with van der Waals surface area (Å²) in [5.74, 6) is -0.365. The first-order chi connectivity index (χ1) is 18.7. The lowest BCUT2D eigenvalue weighted by Gasteiger charge is -2.36. The normalized spacial score (nSPS) is 17.5. The zero-order valence-electron chi connectivity index (χ0n) is 23.0. The molecule has 1 atom stereocenters. The molecule has 1 aromatic heterocycles. The van der Waals surface area contributed by atoms with Gasteiger partial charge in [-0.25, -0.2) is 0 Å². The van der Waals surface area contributed by atoms with Crippen molar-refractivity contribution in [2.75, 3.05) is 28.3 Å². The molecule has 1 N–H and O–H groups in total. The molecule has 0 aliphatic carbocycles. The lowest BCUT2D eigenvalue weighted by Crippen LogP contribution is -2.52. The van der Waals surface area contributed by atoms with Gasteiger partial charge in [0.05, 0.1) is 17.5 Å². The summed E-state index contributed by atoms with van der Waals surface area (Å²) in [5.41, 5.74) is 4.17. The van der Waals surface area contributed by atoms with Crippen molar-refractivity contribution in [3.8, 4) is 0 Å². The molecule has 8 heteroatoms. The van der Waals surface area contributed by atoms with E-state index in [0.29, 0.717) is 31.6 Å². The van der Waals surface area contributed by atoms with E-state index in [1.54, 1.807) is 36.9 Å². The SMILES string of the molecule is CCN1C(=O)C(C)(C)C(=O)N(C)c2cc(CNC(Cc3ccccn3)N3C(=O)CCc4ccccc43)ccc21. The van der Waals surface area contributed by atoms with Crippen LogP contribution in [0.3, 0.4) is 0 Å². The summed E-state index contributed by atoms with van der Waals surface area (Å²) >= 11 is 0. The first-order valence-corrected chi connectivity index (χ1v) is 13.5. The molecule has 8 nitrogen and oxygen atoms in total. The van der Waals surface area contributed by atoms with Gasteiger partial charge in [-0.1, -0.05) is 30.3 Å². The van der Waals surface area contributed by atoms with Gasteiger partial charge in [0.1, 0.15) is 5.41 Å². The van der Waals surface area contributed by atoms with Gasteiger partial charge in [-0.2, -0.15) is 0 Å². The molecular weight excluding hydrogens is 490 g/mol. The van der Waals surface area contributed by atoms with E-state index in [9.17, 15) is 14.4 Å². The summed E-state index contributed by atoms with van der Waals surface area (Å²) in [5, 5.41) is 3.61. The maximum atomic E-state index is 13.3. The molecular formula is C31H35N5O3. The second-order valence-corrected chi connectivity index (χ2v) is 10.7. The van der Waals surface area contributed by atoms with Crippen molar-refractivity contribution in [1.82, 2.24) is 10.3 Å². The highest BCUT2D eigenvalue weighted by molar-refractivity contribution is 6.19. The number of anilines is 3. The molecule has 0 radical (unpaired) electrons. The summed E-state index contributed by atoms with van der Waals surface area (Å²) < 4.78 is 0. The fourth-order valence-corrected chi connectivity index (χ4v) is 5.56. The summed E-state index contributed by atoms with van der Waals surface area (Å²) in [6.07, 6.45) is 3.17. The predicted octanol–water partition coefficient (Wildman–Crippen LogP) is 4.07. The Balaban J connectivity index is 1.47. The Morgan fingerprint density at radius 3 is 2.44 bits per heavy atom. The molecule has 0 fully saturated rings. The van der Waals surface area contributed by atoms with E-state index in [-0.39, 0.29) is 23.9 Å². The molecule has 3 aromatic rings. The second-order valence-electron chi connectivity index (χ2n) is 10.7. The van der Waals surface area contributed by atoms with Crippen LogP contribution in [0.4, 0.5) is 17.1 Å². The molecule has 1 unspecified atom stereocenters. The smallest absolute Gasteiger partial charge is 0.242 e. The van der Waals surface area contributed by atoms with Crippen molar-refractivity contribution in [1.29, 1.82) is 0 Å². The van der Waals surface area contributed by atoms with Gasteiger partial charge in [0.25, 0.3) is 0 Å². The number of rotatable bonds is 7.